The Morgan fingerprint density at radius 3 is 2.27 bits per heavy atom. The summed E-state index contributed by atoms with van der Waals surface area (Å²) in [6.07, 6.45) is 2.85. The van der Waals surface area contributed by atoms with Crippen LogP contribution in [0.25, 0.3) is 6.08 Å². The van der Waals surface area contributed by atoms with Crippen LogP contribution in [0.15, 0.2) is 30.0 Å². The van der Waals surface area contributed by atoms with Gasteiger partial charge in [-0.05, 0) is 54.2 Å². The van der Waals surface area contributed by atoms with E-state index in [-0.39, 0.29) is 17.3 Å². The van der Waals surface area contributed by atoms with E-state index in [4.69, 9.17) is 18.9 Å². The standard InChI is InChI=1S/C26H31NO6/c1-15-8-16(2)13-27(12-15)14-19-20(28)7-6-18-24(29)21(33-25(18)19)9-17-10-22(30-3)26(32-5)23(11-17)31-4/h6-7,9-11,15-16,28H,8,12-14H2,1-5H3/t15-,16-/m0/s1. The minimum Gasteiger partial charge on any atom is -0.507 e. The number of methoxy groups -OCH3 is 3. The Morgan fingerprint density at radius 2 is 1.70 bits per heavy atom. The van der Waals surface area contributed by atoms with Crippen molar-refractivity contribution >= 4 is 11.9 Å². The molecule has 4 rings (SSSR count). The lowest BCUT2D eigenvalue weighted by molar-refractivity contribution is 0.101. The van der Waals surface area contributed by atoms with Gasteiger partial charge in [0.05, 0.1) is 32.5 Å². The minimum absolute atomic E-state index is 0.140. The second kappa shape index (κ2) is 9.35. The zero-order chi connectivity index (χ0) is 23.7. The fraction of sp³-hybridized carbons (Fsp3) is 0.423. The van der Waals surface area contributed by atoms with Gasteiger partial charge in [0, 0.05) is 19.6 Å². The third-order valence-corrected chi connectivity index (χ3v) is 6.23. The topological polar surface area (TPSA) is 77.5 Å². The average molecular weight is 454 g/mol. The molecular formula is C26H31NO6. The van der Waals surface area contributed by atoms with Crippen LogP contribution >= 0.6 is 0 Å². The van der Waals surface area contributed by atoms with Crippen LogP contribution in [-0.2, 0) is 6.54 Å². The normalized spacial score (nSPS) is 21.6. The van der Waals surface area contributed by atoms with E-state index in [1.165, 1.54) is 13.5 Å². The molecule has 0 aromatic heterocycles. The first kappa shape index (κ1) is 23.0. The second-order valence-electron chi connectivity index (χ2n) is 8.98. The van der Waals surface area contributed by atoms with Gasteiger partial charge in [-0.25, -0.2) is 0 Å². The van der Waals surface area contributed by atoms with Gasteiger partial charge in [-0.3, -0.25) is 9.69 Å². The number of nitrogens with zero attached hydrogens (tertiary/aromatic N) is 1. The summed E-state index contributed by atoms with van der Waals surface area (Å²) in [4.78, 5) is 15.4. The summed E-state index contributed by atoms with van der Waals surface area (Å²) in [5.74, 6) is 3.16. The number of phenols is 1. The molecule has 0 amide bonds. The average Bonchev–Trinajstić information content (AvgIpc) is 3.09. The Kier molecular flexibility index (Phi) is 6.51. The molecular weight excluding hydrogens is 422 g/mol. The van der Waals surface area contributed by atoms with Crippen LogP contribution in [0.1, 0.15) is 41.8 Å². The van der Waals surface area contributed by atoms with E-state index in [0.717, 1.165) is 13.1 Å². The highest BCUT2D eigenvalue weighted by Gasteiger charge is 2.33. The van der Waals surface area contributed by atoms with Crippen molar-refractivity contribution in [3.63, 3.8) is 0 Å². The molecule has 2 heterocycles. The molecule has 2 aliphatic heterocycles. The molecule has 0 spiro atoms. The Labute approximate surface area is 194 Å². The molecule has 0 saturated carbocycles. The first-order chi connectivity index (χ1) is 15.8. The first-order valence-electron chi connectivity index (χ1n) is 11.2. The summed E-state index contributed by atoms with van der Waals surface area (Å²) >= 11 is 0. The summed E-state index contributed by atoms with van der Waals surface area (Å²) in [5.41, 5.74) is 1.78. The van der Waals surface area contributed by atoms with Gasteiger partial charge in [-0.15, -0.1) is 0 Å². The number of hydrogen-bond acceptors (Lipinski definition) is 7. The number of aromatic hydroxyl groups is 1. The summed E-state index contributed by atoms with van der Waals surface area (Å²) in [7, 11) is 4.62. The van der Waals surface area contributed by atoms with Crippen molar-refractivity contribution in [3.8, 4) is 28.7 Å². The highest BCUT2D eigenvalue weighted by Crippen LogP contribution is 2.42. The number of piperidine rings is 1. The molecule has 2 atom stereocenters. The second-order valence-corrected chi connectivity index (χ2v) is 8.98. The molecule has 0 aliphatic carbocycles. The van der Waals surface area contributed by atoms with Crippen LogP contribution in [0, 0.1) is 11.8 Å². The molecule has 1 N–H and O–H groups in total. The van der Waals surface area contributed by atoms with E-state index in [2.05, 4.69) is 18.7 Å². The Balaban J connectivity index is 1.66. The number of Topliss-reactive ketones (excluding diaryl/α,β-unsaturated/α-hetero) is 1. The Morgan fingerprint density at radius 1 is 1.06 bits per heavy atom. The Hall–Kier alpha value is -3.19. The lowest BCUT2D eigenvalue weighted by Crippen LogP contribution is -2.38. The number of rotatable bonds is 6. The molecule has 2 aromatic rings. The molecule has 0 unspecified atom stereocenters. The number of allylic oxidation sites excluding steroid dienone is 1. The monoisotopic (exact) mass is 453 g/mol. The van der Waals surface area contributed by atoms with Crippen molar-refractivity contribution in [2.24, 2.45) is 11.8 Å². The van der Waals surface area contributed by atoms with Crippen LogP contribution in [0.2, 0.25) is 0 Å². The first-order valence-corrected chi connectivity index (χ1v) is 11.2. The number of likely N-dealkylation sites (tertiary alicyclic amines) is 1. The van der Waals surface area contributed by atoms with Crippen molar-refractivity contribution in [2.45, 2.75) is 26.8 Å². The van der Waals surface area contributed by atoms with Gasteiger partial charge in [0.1, 0.15) is 11.5 Å². The number of carbonyl (C=O) groups is 1. The van der Waals surface area contributed by atoms with E-state index in [1.807, 2.05) is 0 Å². The molecule has 176 valence electrons. The molecule has 33 heavy (non-hydrogen) atoms. The van der Waals surface area contributed by atoms with Crippen LogP contribution in [0.3, 0.4) is 0 Å². The summed E-state index contributed by atoms with van der Waals surface area (Å²) in [6.45, 7) is 6.94. The van der Waals surface area contributed by atoms with Crippen LogP contribution in [0.5, 0.6) is 28.7 Å². The van der Waals surface area contributed by atoms with E-state index in [9.17, 15) is 9.90 Å². The van der Waals surface area contributed by atoms with Gasteiger partial charge in [0.15, 0.2) is 17.3 Å². The number of ether oxygens (including phenoxy) is 4. The third-order valence-electron chi connectivity index (χ3n) is 6.23. The number of carbonyl (C=O) groups excluding carboxylic acids is 1. The van der Waals surface area contributed by atoms with Crippen LogP contribution < -0.4 is 18.9 Å². The predicted molar refractivity (Wildman–Crippen MR) is 125 cm³/mol. The van der Waals surface area contributed by atoms with Gasteiger partial charge in [0.25, 0.3) is 0 Å². The van der Waals surface area contributed by atoms with Crippen molar-refractivity contribution in [1.82, 2.24) is 4.90 Å². The SMILES string of the molecule is COc1cc(C=C2Oc3c(ccc(O)c3CN3C[C@@H](C)C[C@H](C)C3)C2=O)cc(OC)c1OC. The van der Waals surface area contributed by atoms with Gasteiger partial charge in [0.2, 0.25) is 11.5 Å². The van der Waals surface area contributed by atoms with Crippen molar-refractivity contribution in [3.05, 3.63) is 46.7 Å². The lowest BCUT2D eigenvalue weighted by atomic mass is 9.91. The predicted octanol–water partition coefficient (Wildman–Crippen LogP) is 4.51. The van der Waals surface area contributed by atoms with Gasteiger partial charge in [-0.2, -0.15) is 0 Å². The fourth-order valence-corrected chi connectivity index (χ4v) is 4.93. The quantitative estimate of drug-likeness (QED) is 0.645. The number of benzene rings is 2. The maximum absolute atomic E-state index is 13.1. The number of hydrogen-bond donors (Lipinski definition) is 1. The molecule has 0 radical (unpaired) electrons. The molecule has 2 aliphatic rings. The maximum atomic E-state index is 13.1. The number of ketones is 1. The molecule has 0 bridgehead atoms. The Bertz CT molecular complexity index is 1060. The van der Waals surface area contributed by atoms with Gasteiger partial charge >= 0.3 is 0 Å². The zero-order valence-electron chi connectivity index (χ0n) is 19.8. The third kappa shape index (κ3) is 4.50. The number of fused-ring (bicyclic) bond motifs is 1. The van der Waals surface area contributed by atoms with Gasteiger partial charge < -0.3 is 24.1 Å². The zero-order valence-corrected chi connectivity index (χ0v) is 19.8. The van der Waals surface area contributed by atoms with Crippen molar-refractivity contribution in [2.75, 3.05) is 34.4 Å². The largest absolute Gasteiger partial charge is 0.507 e. The van der Waals surface area contributed by atoms with Crippen LogP contribution in [0.4, 0.5) is 0 Å². The van der Waals surface area contributed by atoms with Crippen molar-refractivity contribution in [1.29, 1.82) is 0 Å². The molecule has 2 aromatic carbocycles. The fourth-order valence-electron chi connectivity index (χ4n) is 4.93. The highest BCUT2D eigenvalue weighted by molar-refractivity contribution is 6.15. The molecule has 7 heteroatoms. The van der Waals surface area contributed by atoms with E-state index >= 15 is 0 Å². The number of phenolic OH excluding ortho intramolecular Hbond substituents is 1. The van der Waals surface area contributed by atoms with Crippen LogP contribution in [-0.4, -0.2) is 50.2 Å². The smallest absolute Gasteiger partial charge is 0.231 e. The van der Waals surface area contributed by atoms with E-state index in [0.29, 0.717) is 58.1 Å². The molecule has 1 fully saturated rings. The summed E-state index contributed by atoms with van der Waals surface area (Å²) in [6, 6.07) is 6.70. The summed E-state index contributed by atoms with van der Waals surface area (Å²) in [5, 5.41) is 10.6. The van der Waals surface area contributed by atoms with Gasteiger partial charge in [-0.1, -0.05) is 13.8 Å². The van der Waals surface area contributed by atoms with Crippen molar-refractivity contribution < 1.29 is 28.8 Å². The summed E-state index contributed by atoms with van der Waals surface area (Å²) < 4.78 is 22.2. The maximum Gasteiger partial charge on any atom is 0.231 e. The highest BCUT2D eigenvalue weighted by atomic mass is 16.5. The minimum atomic E-state index is -0.222. The molecule has 1 saturated heterocycles. The lowest BCUT2D eigenvalue weighted by Gasteiger charge is -2.35. The van der Waals surface area contributed by atoms with E-state index < -0.39 is 0 Å². The van der Waals surface area contributed by atoms with E-state index in [1.54, 1.807) is 44.6 Å². The molecule has 7 nitrogen and oxygen atoms in total.